The van der Waals surface area contributed by atoms with E-state index in [4.69, 9.17) is 0 Å². The van der Waals surface area contributed by atoms with Gasteiger partial charge in [0.15, 0.2) is 0 Å². The van der Waals surface area contributed by atoms with Crippen molar-refractivity contribution < 1.29 is 0 Å². The number of rotatable bonds is 3. The van der Waals surface area contributed by atoms with Gasteiger partial charge in [-0.05, 0) is 42.9 Å². The van der Waals surface area contributed by atoms with E-state index in [1.165, 1.54) is 43.6 Å². The molecular formula is C15H21N. The highest BCUT2D eigenvalue weighted by Gasteiger charge is 2.10. The number of hydrogen-bond donors (Lipinski definition) is 0. The fourth-order valence-corrected chi connectivity index (χ4v) is 2.28. The van der Waals surface area contributed by atoms with Gasteiger partial charge in [-0.1, -0.05) is 25.1 Å². The Bertz CT molecular complexity index is 333. The van der Waals surface area contributed by atoms with Crippen molar-refractivity contribution in [2.75, 3.05) is 18.0 Å². The number of allylic oxidation sites excluding steroid dienone is 1. The summed E-state index contributed by atoms with van der Waals surface area (Å²) in [5.41, 5.74) is 2.73. The molecule has 0 saturated carbocycles. The zero-order valence-electron chi connectivity index (χ0n) is 10.2. The predicted molar refractivity (Wildman–Crippen MR) is 71.1 cm³/mol. The first kappa shape index (κ1) is 11.3. The van der Waals surface area contributed by atoms with Crippen LogP contribution in [-0.2, 0) is 0 Å². The van der Waals surface area contributed by atoms with E-state index in [-0.39, 0.29) is 0 Å². The monoisotopic (exact) mass is 215 g/mol. The Morgan fingerprint density at radius 1 is 1.12 bits per heavy atom. The SMILES string of the molecule is C=CC(C)c1ccc(N2CCCCC2)cc1. The average molecular weight is 215 g/mol. The van der Waals surface area contributed by atoms with Gasteiger partial charge in [0.05, 0.1) is 0 Å². The van der Waals surface area contributed by atoms with Crippen molar-refractivity contribution in [1.29, 1.82) is 0 Å². The molecule has 0 N–H and O–H groups in total. The molecule has 1 heteroatoms. The molecule has 86 valence electrons. The van der Waals surface area contributed by atoms with Gasteiger partial charge in [0.2, 0.25) is 0 Å². The van der Waals surface area contributed by atoms with Crippen LogP contribution >= 0.6 is 0 Å². The lowest BCUT2D eigenvalue weighted by Crippen LogP contribution is -2.29. The second-order valence-corrected chi connectivity index (χ2v) is 4.66. The molecule has 1 saturated heterocycles. The van der Waals surface area contributed by atoms with E-state index in [9.17, 15) is 0 Å². The van der Waals surface area contributed by atoms with Gasteiger partial charge in [0.25, 0.3) is 0 Å². The fourth-order valence-electron chi connectivity index (χ4n) is 2.28. The van der Waals surface area contributed by atoms with Crippen LogP contribution in [0.25, 0.3) is 0 Å². The maximum absolute atomic E-state index is 3.84. The van der Waals surface area contributed by atoms with E-state index >= 15 is 0 Å². The molecule has 1 atom stereocenters. The zero-order valence-corrected chi connectivity index (χ0v) is 10.2. The summed E-state index contributed by atoms with van der Waals surface area (Å²) < 4.78 is 0. The van der Waals surface area contributed by atoms with E-state index in [2.05, 4.69) is 42.7 Å². The number of piperidine rings is 1. The minimum Gasteiger partial charge on any atom is -0.372 e. The molecule has 1 heterocycles. The summed E-state index contributed by atoms with van der Waals surface area (Å²) >= 11 is 0. The normalized spacial score (nSPS) is 18.2. The van der Waals surface area contributed by atoms with Gasteiger partial charge in [-0.2, -0.15) is 0 Å². The zero-order chi connectivity index (χ0) is 11.4. The van der Waals surface area contributed by atoms with E-state index in [1.807, 2.05) is 6.08 Å². The predicted octanol–water partition coefficient (Wildman–Crippen LogP) is 3.97. The van der Waals surface area contributed by atoms with E-state index < -0.39 is 0 Å². The highest BCUT2D eigenvalue weighted by atomic mass is 15.1. The van der Waals surface area contributed by atoms with Crippen LogP contribution in [0.1, 0.15) is 37.7 Å². The summed E-state index contributed by atoms with van der Waals surface area (Å²) in [5, 5.41) is 0. The Labute approximate surface area is 98.8 Å². The van der Waals surface area contributed by atoms with Crippen LogP contribution in [0, 0.1) is 0 Å². The maximum atomic E-state index is 3.84. The van der Waals surface area contributed by atoms with Crippen LogP contribution in [-0.4, -0.2) is 13.1 Å². The van der Waals surface area contributed by atoms with Gasteiger partial charge in [-0.25, -0.2) is 0 Å². The first-order valence-corrected chi connectivity index (χ1v) is 6.29. The Kier molecular flexibility index (Phi) is 3.66. The number of nitrogens with zero attached hydrogens (tertiary/aromatic N) is 1. The molecule has 1 aromatic rings. The van der Waals surface area contributed by atoms with Crippen LogP contribution < -0.4 is 4.90 Å². The lowest BCUT2D eigenvalue weighted by molar-refractivity contribution is 0.578. The topological polar surface area (TPSA) is 3.24 Å². The van der Waals surface area contributed by atoms with Crippen LogP contribution in [0.5, 0.6) is 0 Å². The van der Waals surface area contributed by atoms with Crippen LogP contribution in [0.4, 0.5) is 5.69 Å². The molecule has 0 aromatic heterocycles. The molecule has 1 fully saturated rings. The van der Waals surface area contributed by atoms with E-state index in [0.717, 1.165) is 0 Å². The molecule has 0 amide bonds. The smallest absolute Gasteiger partial charge is 0.0366 e. The fraction of sp³-hybridized carbons (Fsp3) is 0.467. The molecule has 1 aliphatic heterocycles. The largest absolute Gasteiger partial charge is 0.372 e. The second-order valence-electron chi connectivity index (χ2n) is 4.66. The van der Waals surface area contributed by atoms with Gasteiger partial charge in [-0.3, -0.25) is 0 Å². The molecule has 1 aliphatic rings. The highest BCUT2D eigenvalue weighted by Crippen LogP contribution is 2.23. The van der Waals surface area contributed by atoms with Crippen molar-refractivity contribution in [2.45, 2.75) is 32.1 Å². The van der Waals surface area contributed by atoms with Gasteiger partial charge < -0.3 is 4.90 Å². The lowest BCUT2D eigenvalue weighted by Gasteiger charge is -2.29. The van der Waals surface area contributed by atoms with Crippen LogP contribution in [0.3, 0.4) is 0 Å². The second kappa shape index (κ2) is 5.20. The molecule has 1 aromatic carbocycles. The van der Waals surface area contributed by atoms with Crippen molar-refractivity contribution in [3.8, 4) is 0 Å². The Morgan fingerprint density at radius 2 is 1.75 bits per heavy atom. The molecule has 0 aliphatic carbocycles. The maximum Gasteiger partial charge on any atom is 0.0366 e. The summed E-state index contributed by atoms with van der Waals surface area (Å²) in [7, 11) is 0. The minimum absolute atomic E-state index is 0.454. The van der Waals surface area contributed by atoms with Crippen LogP contribution in [0.15, 0.2) is 36.9 Å². The highest BCUT2D eigenvalue weighted by molar-refractivity contribution is 5.48. The van der Waals surface area contributed by atoms with Gasteiger partial charge in [-0.15, -0.1) is 6.58 Å². The molecule has 0 radical (unpaired) electrons. The molecule has 1 unspecified atom stereocenters. The van der Waals surface area contributed by atoms with Crippen molar-refractivity contribution in [2.24, 2.45) is 0 Å². The third-order valence-electron chi connectivity index (χ3n) is 3.49. The lowest BCUT2D eigenvalue weighted by atomic mass is 10.0. The van der Waals surface area contributed by atoms with Crippen molar-refractivity contribution >= 4 is 5.69 Å². The summed E-state index contributed by atoms with van der Waals surface area (Å²) in [4.78, 5) is 2.49. The Balaban J connectivity index is 2.08. The third-order valence-corrected chi connectivity index (χ3v) is 3.49. The van der Waals surface area contributed by atoms with Crippen molar-refractivity contribution in [1.82, 2.24) is 0 Å². The summed E-state index contributed by atoms with van der Waals surface area (Å²) in [5.74, 6) is 0.454. The standard InChI is InChI=1S/C15H21N/c1-3-13(2)14-7-9-15(10-8-14)16-11-5-4-6-12-16/h3,7-10,13H,1,4-6,11-12H2,2H3. The van der Waals surface area contributed by atoms with Crippen molar-refractivity contribution in [3.63, 3.8) is 0 Å². The molecule has 0 spiro atoms. The Hall–Kier alpha value is -1.24. The number of benzene rings is 1. The molecular weight excluding hydrogens is 194 g/mol. The average Bonchev–Trinajstić information content (AvgIpc) is 2.39. The minimum atomic E-state index is 0.454. The molecule has 1 nitrogen and oxygen atoms in total. The number of hydrogen-bond acceptors (Lipinski definition) is 1. The van der Waals surface area contributed by atoms with Crippen molar-refractivity contribution in [3.05, 3.63) is 42.5 Å². The molecule has 0 bridgehead atoms. The third kappa shape index (κ3) is 2.46. The number of anilines is 1. The molecule has 16 heavy (non-hydrogen) atoms. The van der Waals surface area contributed by atoms with E-state index in [0.29, 0.717) is 5.92 Å². The summed E-state index contributed by atoms with van der Waals surface area (Å²) in [6, 6.07) is 8.97. The summed E-state index contributed by atoms with van der Waals surface area (Å²) in [6.45, 7) is 8.46. The first-order valence-electron chi connectivity index (χ1n) is 6.29. The molecule has 2 rings (SSSR count). The first-order chi connectivity index (χ1) is 7.81. The van der Waals surface area contributed by atoms with Gasteiger partial charge in [0, 0.05) is 18.8 Å². The van der Waals surface area contributed by atoms with Gasteiger partial charge in [0.1, 0.15) is 0 Å². The van der Waals surface area contributed by atoms with Gasteiger partial charge >= 0.3 is 0 Å². The quantitative estimate of drug-likeness (QED) is 0.690. The van der Waals surface area contributed by atoms with Crippen LogP contribution in [0.2, 0.25) is 0 Å². The summed E-state index contributed by atoms with van der Waals surface area (Å²) in [6.07, 6.45) is 6.06. The Morgan fingerprint density at radius 3 is 2.31 bits per heavy atom. The van der Waals surface area contributed by atoms with E-state index in [1.54, 1.807) is 0 Å².